The van der Waals surface area contributed by atoms with Crippen molar-refractivity contribution in [1.29, 1.82) is 0 Å². The Morgan fingerprint density at radius 1 is 1.17 bits per heavy atom. The lowest BCUT2D eigenvalue weighted by atomic mass is 9.79. The fraction of sp³-hybridized carbons (Fsp3) is 0.389. The lowest BCUT2D eigenvalue weighted by Gasteiger charge is -2.43. The van der Waals surface area contributed by atoms with Gasteiger partial charge < -0.3 is 9.42 Å². The predicted molar refractivity (Wildman–Crippen MR) is 95.9 cm³/mol. The van der Waals surface area contributed by atoms with Crippen molar-refractivity contribution in [2.75, 3.05) is 19.6 Å². The van der Waals surface area contributed by atoms with Crippen molar-refractivity contribution in [3.8, 4) is 11.3 Å². The molecule has 2 bridgehead atoms. The molecule has 3 aliphatic heterocycles. The third kappa shape index (κ3) is 3.63. The van der Waals surface area contributed by atoms with Gasteiger partial charge in [0.15, 0.2) is 5.76 Å². The fourth-order valence-corrected chi connectivity index (χ4v) is 3.70. The molecule has 5 rings (SSSR count). The molecule has 122 valence electrons. The quantitative estimate of drug-likeness (QED) is 0.798. The molecule has 3 nitrogen and oxygen atoms in total. The highest BCUT2D eigenvalue weighted by Crippen LogP contribution is 2.33. The second kappa shape index (κ2) is 7.08. The zero-order valence-corrected chi connectivity index (χ0v) is 14.4. The summed E-state index contributed by atoms with van der Waals surface area (Å²) in [6.45, 7) is 3.75. The summed E-state index contributed by atoms with van der Waals surface area (Å²) in [6.07, 6.45) is 7.06. The molecule has 1 atom stereocenters. The standard InChI is InChI=1S/C18H19ClN2O.ClH/c19-16-4-1-14(2-5-16)18-11-17(22-20-18)6-3-15-12-21-9-7-13(15)8-10-21;/h1-6,11,13,15H,7-10,12H2;1H. The van der Waals surface area contributed by atoms with E-state index in [0.29, 0.717) is 5.92 Å². The van der Waals surface area contributed by atoms with E-state index in [9.17, 15) is 0 Å². The van der Waals surface area contributed by atoms with Crippen LogP contribution in [0, 0.1) is 11.8 Å². The summed E-state index contributed by atoms with van der Waals surface area (Å²) in [4.78, 5) is 2.56. The molecule has 0 aliphatic carbocycles. The molecule has 0 N–H and O–H groups in total. The van der Waals surface area contributed by atoms with Crippen LogP contribution in [0.5, 0.6) is 0 Å². The summed E-state index contributed by atoms with van der Waals surface area (Å²) in [7, 11) is 0. The van der Waals surface area contributed by atoms with Gasteiger partial charge in [0.2, 0.25) is 0 Å². The Hall–Kier alpha value is -1.29. The summed E-state index contributed by atoms with van der Waals surface area (Å²) in [5.41, 5.74) is 1.88. The minimum absolute atomic E-state index is 0. The minimum Gasteiger partial charge on any atom is -0.356 e. The summed E-state index contributed by atoms with van der Waals surface area (Å²) >= 11 is 5.91. The fourth-order valence-electron chi connectivity index (χ4n) is 3.57. The predicted octanol–water partition coefficient (Wildman–Crippen LogP) is 4.77. The molecule has 1 aromatic heterocycles. The Morgan fingerprint density at radius 2 is 1.91 bits per heavy atom. The van der Waals surface area contributed by atoms with Crippen LogP contribution in [0.4, 0.5) is 0 Å². The molecule has 3 aliphatic rings. The lowest BCUT2D eigenvalue weighted by molar-refractivity contribution is 0.0739. The highest BCUT2D eigenvalue weighted by Gasteiger charge is 2.32. The van der Waals surface area contributed by atoms with Crippen LogP contribution >= 0.6 is 24.0 Å². The molecule has 3 saturated heterocycles. The Bertz CT molecular complexity index is 673. The lowest BCUT2D eigenvalue weighted by Crippen LogP contribution is -2.46. The first kappa shape index (κ1) is 16.6. The van der Waals surface area contributed by atoms with Gasteiger partial charge in [0.1, 0.15) is 5.69 Å². The largest absolute Gasteiger partial charge is 0.356 e. The van der Waals surface area contributed by atoms with Crippen molar-refractivity contribution in [3.63, 3.8) is 0 Å². The first-order chi connectivity index (χ1) is 10.8. The van der Waals surface area contributed by atoms with Gasteiger partial charge in [-0.1, -0.05) is 35.0 Å². The van der Waals surface area contributed by atoms with Crippen molar-refractivity contribution < 1.29 is 4.52 Å². The van der Waals surface area contributed by atoms with E-state index in [1.807, 2.05) is 30.3 Å². The highest BCUT2D eigenvalue weighted by atomic mass is 35.5. The molecule has 0 amide bonds. The highest BCUT2D eigenvalue weighted by molar-refractivity contribution is 6.30. The van der Waals surface area contributed by atoms with Gasteiger partial charge in [-0.05, 0) is 56.0 Å². The van der Waals surface area contributed by atoms with E-state index in [1.54, 1.807) is 0 Å². The van der Waals surface area contributed by atoms with Crippen LogP contribution in [0.25, 0.3) is 17.3 Å². The average Bonchev–Trinajstić information content (AvgIpc) is 3.04. The first-order valence-corrected chi connectivity index (χ1v) is 8.29. The number of hydrogen-bond donors (Lipinski definition) is 0. The van der Waals surface area contributed by atoms with Crippen LogP contribution in [0.2, 0.25) is 5.02 Å². The third-order valence-corrected chi connectivity index (χ3v) is 5.13. The number of nitrogens with zero attached hydrogens (tertiary/aromatic N) is 2. The topological polar surface area (TPSA) is 29.3 Å². The monoisotopic (exact) mass is 350 g/mol. The Balaban J connectivity index is 0.00000156. The van der Waals surface area contributed by atoms with Gasteiger partial charge >= 0.3 is 0 Å². The van der Waals surface area contributed by atoms with E-state index in [4.69, 9.17) is 16.1 Å². The SMILES string of the molecule is Cl.Clc1ccc(-c2cc(C=CC3CN4CCC3CC4)on2)cc1. The van der Waals surface area contributed by atoms with Crippen molar-refractivity contribution in [2.24, 2.45) is 11.8 Å². The summed E-state index contributed by atoms with van der Waals surface area (Å²) in [5.74, 6) is 2.33. The van der Waals surface area contributed by atoms with Crippen LogP contribution in [0.1, 0.15) is 18.6 Å². The van der Waals surface area contributed by atoms with E-state index in [0.717, 1.165) is 28.0 Å². The van der Waals surface area contributed by atoms with Crippen LogP contribution in [0.15, 0.2) is 40.9 Å². The molecule has 0 saturated carbocycles. The molecule has 1 unspecified atom stereocenters. The van der Waals surface area contributed by atoms with Gasteiger partial charge in [-0.3, -0.25) is 0 Å². The van der Waals surface area contributed by atoms with Gasteiger partial charge in [0.25, 0.3) is 0 Å². The first-order valence-electron chi connectivity index (χ1n) is 7.91. The summed E-state index contributed by atoms with van der Waals surface area (Å²) in [6, 6.07) is 9.64. The smallest absolute Gasteiger partial charge is 0.159 e. The van der Waals surface area contributed by atoms with Crippen molar-refractivity contribution in [2.45, 2.75) is 12.8 Å². The van der Waals surface area contributed by atoms with E-state index in [1.165, 1.54) is 32.5 Å². The van der Waals surface area contributed by atoms with Gasteiger partial charge in [0.05, 0.1) is 0 Å². The van der Waals surface area contributed by atoms with Crippen LogP contribution < -0.4 is 0 Å². The summed E-state index contributed by atoms with van der Waals surface area (Å²) < 4.78 is 5.44. The maximum absolute atomic E-state index is 5.91. The van der Waals surface area contributed by atoms with Gasteiger partial charge in [-0.2, -0.15) is 0 Å². The second-order valence-electron chi connectivity index (χ2n) is 6.28. The van der Waals surface area contributed by atoms with Crippen LogP contribution in [-0.4, -0.2) is 29.7 Å². The average molecular weight is 351 g/mol. The maximum Gasteiger partial charge on any atom is 0.159 e. The Kier molecular flexibility index (Phi) is 5.10. The van der Waals surface area contributed by atoms with Gasteiger partial charge in [-0.25, -0.2) is 0 Å². The molecule has 4 heterocycles. The van der Waals surface area contributed by atoms with Gasteiger partial charge in [0, 0.05) is 23.2 Å². The number of halogens is 2. The van der Waals surface area contributed by atoms with E-state index < -0.39 is 0 Å². The van der Waals surface area contributed by atoms with Crippen LogP contribution in [0.3, 0.4) is 0 Å². The molecule has 2 aromatic rings. The molecular formula is C18H20Cl2N2O. The molecule has 3 fully saturated rings. The van der Waals surface area contributed by atoms with E-state index >= 15 is 0 Å². The molecule has 0 spiro atoms. The Morgan fingerprint density at radius 3 is 2.57 bits per heavy atom. The van der Waals surface area contributed by atoms with E-state index in [-0.39, 0.29) is 12.4 Å². The number of aromatic nitrogens is 1. The number of rotatable bonds is 3. The maximum atomic E-state index is 5.91. The third-order valence-electron chi connectivity index (χ3n) is 4.88. The van der Waals surface area contributed by atoms with Crippen molar-refractivity contribution in [1.82, 2.24) is 10.1 Å². The molecule has 1 aromatic carbocycles. The van der Waals surface area contributed by atoms with Crippen molar-refractivity contribution in [3.05, 3.63) is 47.2 Å². The van der Waals surface area contributed by atoms with Crippen LogP contribution in [-0.2, 0) is 0 Å². The summed E-state index contributed by atoms with van der Waals surface area (Å²) in [5, 5.41) is 4.88. The van der Waals surface area contributed by atoms with E-state index in [2.05, 4.69) is 22.2 Å². The number of fused-ring (bicyclic) bond motifs is 3. The normalized spacial score (nSPS) is 26.4. The second-order valence-corrected chi connectivity index (χ2v) is 6.72. The molecular weight excluding hydrogens is 331 g/mol. The Labute approximate surface area is 147 Å². The molecule has 5 heteroatoms. The number of hydrogen-bond acceptors (Lipinski definition) is 3. The van der Waals surface area contributed by atoms with Gasteiger partial charge in [-0.15, -0.1) is 12.4 Å². The number of benzene rings is 1. The molecule has 23 heavy (non-hydrogen) atoms. The van der Waals surface area contributed by atoms with Crippen molar-refractivity contribution >= 4 is 30.1 Å². The minimum atomic E-state index is 0. The zero-order chi connectivity index (χ0) is 14.9. The number of piperidine rings is 3. The molecule has 0 radical (unpaired) electrons. The zero-order valence-electron chi connectivity index (χ0n) is 12.8.